The van der Waals surface area contributed by atoms with Gasteiger partial charge in [-0.2, -0.15) is 18.3 Å². The van der Waals surface area contributed by atoms with Crippen molar-refractivity contribution in [2.45, 2.75) is 32.5 Å². The molecule has 0 aliphatic heterocycles. The molecule has 0 bridgehead atoms. The highest BCUT2D eigenvalue weighted by Crippen LogP contribution is 2.36. The van der Waals surface area contributed by atoms with Gasteiger partial charge in [-0.15, -0.1) is 0 Å². The second-order valence-electron chi connectivity index (χ2n) is 8.42. The lowest BCUT2D eigenvalue weighted by Crippen LogP contribution is -2.30. The lowest BCUT2D eigenvalue weighted by atomic mass is 10.0. The second kappa shape index (κ2) is 11.0. The number of hydrogen-bond donors (Lipinski definition) is 4. The summed E-state index contributed by atoms with van der Waals surface area (Å²) in [5.41, 5.74) is 7.03. The first-order valence-corrected chi connectivity index (χ1v) is 11.6. The number of benzene rings is 1. The Labute approximate surface area is 210 Å². The van der Waals surface area contributed by atoms with E-state index >= 15 is 0 Å². The van der Waals surface area contributed by atoms with Crippen LogP contribution in [0.4, 0.5) is 24.7 Å². The van der Waals surface area contributed by atoms with Crippen LogP contribution in [0.3, 0.4) is 0 Å². The van der Waals surface area contributed by atoms with Crippen LogP contribution in [0.2, 0.25) is 0 Å². The average Bonchev–Trinajstić information content (AvgIpc) is 3.51. The van der Waals surface area contributed by atoms with E-state index in [1.54, 1.807) is 12.1 Å². The number of amides is 1. The van der Waals surface area contributed by atoms with Gasteiger partial charge in [-0.1, -0.05) is 6.92 Å². The van der Waals surface area contributed by atoms with Gasteiger partial charge in [-0.25, -0.2) is 9.97 Å². The molecule has 1 atom stereocenters. The quantitative estimate of drug-likeness (QED) is 0.237. The number of nitrogens with one attached hydrogen (secondary N) is 3. The lowest BCUT2D eigenvalue weighted by molar-refractivity contribution is -0.140. The molecule has 0 saturated heterocycles. The Kier molecular flexibility index (Phi) is 7.74. The Hall–Kier alpha value is -3.97. The summed E-state index contributed by atoms with van der Waals surface area (Å²) in [6, 6.07) is 5.19. The van der Waals surface area contributed by atoms with Crippen LogP contribution in [-0.2, 0) is 17.3 Å². The minimum Gasteiger partial charge on any atom is -0.378 e. The fraction of sp³-hybridized carbons (Fsp3) is 0.333. The maximum atomic E-state index is 13.4. The molecule has 5 N–H and O–H groups in total. The Morgan fingerprint density at radius 2 is 2.11 bits per heavy atom. The minimum absolute atomic E-state index is 0.0700. The first kappa shape index (κ1) is 26.1. The van der Waals surface area contributed by atoms with Gasteiger partial charge in [0.2, 0.25) is 0 Å². The number of ether oxygens (including phenoxy) is 1. The summed E-state index contributed by atoms with van der Waals surface area (Å²) in [5, 5.41) is 11.6. The van der Waals surface area contributed by atoms with Crippen molar-refractivity contribution < 1.29 is 22.7 Å². The number of nitrogens with two attached hydrogens (primary N) is 1. The highest BCUT2D eigenvalue weighted by molar-refractivity contribution is 5.96. The smallest absolute Gasteiger partial charge is 0.378 e. The van der Waals surface area contributed by atoms with Gasteiger partial charge in [0.05, 0.1) is 30.7 Å². The van der Waals surface area contributed by atoms with Crippen molar-refractivity contribution in [2.75, 3.05) is 25.1 Å². The van der Waals surface area contributed by atoms with Crippen molar-refractivity contribution in [3.05, 3.63) is 59.8 Å². The van der Waals surface area contributed by atoms with E-state index in [1.807, 2.05) is 19.9 Å². The zero-order valence-electron chi connectivity index (χ0n) is 20.3. The number of aryl methyl sites for hydroxylation is 1. The van der Waals surface area contributed by atoms with Gasteiger partial charge < -0.3 is 21.1 Å². The molecular weight excluding hydrogens is 489 g/mol. The topological polar surface area (TPSA) is 135 Å². The van der Waals surface area contributed by atoms with E-state index in [0.29, 0.717) is 48.9 Å². The van der Waals surface area contributed by atoms with Crippen LogP contribution in [0.1, 0.15) is 35.5 Å². The summed E-state index contributed by atoms with van der Waals surface area (Å²) in [6.45, 7) is 4.91. The Balaban J connectivity index is 1.53. The van der Waals surface area contributed by atoms with E-state index in [9.17, 15) is 18.0 Å². The molecule has 37 heavy (non-hydrogen) atoms. The maximum Gasteiger partial charge on any atom is 0.435 e. The number of fused-ring (bicyclic) bond motifs is 1. The van der Waals surface area contributed by atoms with Gasteiger partial charge in [0.25, 0.3) is 5.91 Å². The van der Waals surface area contributed by atoms with Crippen LogP contribution >= 0.6 is 0 Å². The van der Waals surface area contributed by atoms with Gasteiger partial charge >= 0.3 is 6.18 Å². The predicted octanol–water partition coefficient (Wildman–Crippen LogP) is 3.54. The summed E-state index contributed by atoms with van der Waals surface area (Å²) in [4.78, 5) is 21.3. The van der Waals surface area contributed by atoms with E-state index in [2.05, 4.69) is 30.8 Å². The molecule has 3 aromatic heterocycles. The Morgan fingerprint density at radius 3 is 2.84 bits per heavy atom. The van der Waals surface area contributed by atoms with Crippen LogP contribution in [0.15, 0.2) is 43.0 Å². The molecule has 3 heterocycles. The zero-order valence-corrected chi connectivity index (χ0v) is 20.3. The molecule has 0 aliphatic carbocycles. The first-order chi connectivity index (χ1) is 17.7. The molecule has 196 valence electrons. The fourth-order valence-corrected chi connectivity index (χ4v) is 3.83. The SMILES string of the molecule is CCc1cc(Nc2nccn3c(-c4c[nH]nc4C(F)(F)F)cnc23)ccc1C(=O)NCCOC[C@@H](C)N. The maximum absolute atomic E-state index is 13.4. The number of aromatic amines is 1. The number of halogens is 3. The number of imidazole rings is 1. The third-order valence-electron chi connectivity index (χ3n) is 5.52. The van der Waals surface area contributed by atoms with Gasteiger partial charge in [0.15, 0.2) is 17.2 Å². The number of alkyl halides is 3. The van der Waals surface area contributed by atoms with Gasteiger partial charge in [-0.3, -0.25) is 14.3 Å². The van der Waals surface area contributed by atoms with Crippen molar-refractivity contribution in [2.24, 2.45) is 5.73 Å². The number of carbonyl (C=O) groups is 1. The van der Waals surface area contributed by atoms with E-state index in [4.69, 9.17) is 10.5 Å². The number of anilines is 2. The summed E-state index contributed by atoms with van der Waals surface area (Å²) < 4.78 is 47.0. The van der Waals surface area contributed by atoms with Crippen LogP contribution < -0.4 is 16.4 Å². The van der Waals surface area contributed by atoms with Crippen molar-refractivity contribution >= 4 is 23.1 Å². The average molecular weight is 517 g/mol. The number of H-pyrrole nitrogens is 1. The number of nitrogens with zero attached hydrogens (tertiary/aromatic N) is 4. The van der Waals surface area contributed by atoms with Crippen molar-refractivity contribution in [1.82, 2.24) is 29.9 Å². The Morgan fingerprint density at radius 1 is 1.30 bits per heavy atom. The summed E-state index contributed by atoms with van der Waals surface area (Å²) in [5.74, 6) is 0.128. The molecule has 0 spiro atoms. The molecule has 13 heteroatoms. The Bertz CT molecular complexity index is 1380. The number of rotatable bonds is 10. The van der Waals surface area contributed by atoms with Crippen molar-refractivity contribution in [3.8, 4) is 11.3 Å². The predicted molar refractivity (Wildman–Crippen MR) is 131 cm³/mol. The van der Waals surface area contributed by atoms with E-state index in [1.165, 1.54) is 29.2 Å². The first-order valence-electron chi connectivity index (χ1n) is 11.6. The number of aromatic nitrogens is 5. The molecule has 4 aromatic rings. The van der Waals surface area contributed by atoms with E-state index < -0.39 is 11.9 Å². The molecule has 4 rings (SSSR count). The van der Waals surface area contributed by atoms with Crippen molar-refractivity contribution in [1.29, 1.82) is 0 Å². The monoisotopic (exact) mass is 516 g/mol. The van der Waals surface area contributed by atoms with Crippen molar-refractivity contribution in [3.63, 3.8) is 0 Å². The molecule has 1 amide bonds. The summed E-state index contributed by atoms with van der Waals surface area (Å²) in [6.07, 6.45) is 1.50. The molecule has 1 aromatic carbocycles. The molecule has 0 radical (unpaired) electrons. The van der Waals surface area contributed by atoms with Crippen LogP contribution in [0, 0.1) is 0 Å². The van der Waals surface area contributed by atoms with Crippen LogP contribution in [-0.4, -0.2) is 56.3 Å². The van der Waals surface area contributed by atoms with Gasteiger partial charge in [0, 0.05) is 42.4 Å². The standard InChI is InChI=1S/C24H27F3N8O2/c1-3-15-10-16(4-5-17(15)23(36)30-7-9-37-13-14(2)28)33-21-22-31-12-19(35(22)8-6-29-21)18-11-32-34-20(18)24(25,26)27/h4-6,8,10-12,14H,3,7,9,13,28H2,1-2H3,(H,29,33)(H,30,36)(H,32,34)/t14-/m1/s1. The highest BCUT2D eigenvalue weighted by Gasteiger charge is 2.37. The number of hydrogen-bond acceptors (Lipinski definition) is 7. The fourth-order valence-electron chi connectivity index (χ4n) is 3.83. The van der Waals surface area contributed by atoms with Crippen LogP contribution in [0.5, 0.6) is 0 Å². The lowest BCUT2D eigenvalue weighted by Gasteiger charge is -2.13. The van der Waals surface area contributed by atoms with Crippen LogP contribution in [0.25, 0.3) is 16.9 Å². The number of carbonyl (C=O) groups excluding carboxylic acids is 1. The normalized spacial score (nSPS) is 12.6. The molecule has 0 fully saturated rings. The molecule has 10 nitrogen and oxygen atoms in total. The zero-order chi connectivity index (χ0) is 26.6. The third kappa shape index (κ3) is 5.89. The summed E-state index contributed by atoms with van der Waals surface area (Å²) in [7, 11) is 0. The van der Waals surface area contributed by atoms with Gasteiger partial charge in [-0.05, 0) is 37.1 Å². The highest BCUT2D eigenvalue weighted by atomic mass is 19.4. The summed E-state index contributed by atoms with van der Waals surface area (Å²) >= 11 is 0. The molecular formula is C24H27F3N8O2. The third-order valence-corrected chi connectivity index (χ3v) is 5.52. The second-order valence-corrected chi connectivity index (χ2v) is 8.42. The van der Waals surface area contributed by atoms with E-state index in [-0.39, 0.29) is 23.2 Å². The largest absolute Gasteiger partial charge is 0.435 e. The van der Waals surface area contributed by atoms with Gasteiger partial charge in [0.1, 0.15) is 0 Å². The van der Waals surface area contributed by atoms with E-state index in [0.717, 1.165) is 5.56 Å². The molecule has 0 saturated carbocycles. The molecule has 0 unspecified atom stereocenters. The minimum atomic E-state index is -4.62. The molecule has 0 aliphatic rings.